The molecule has 0 saturated carbocycles. The molecule has 1 saturated heterocycles. The van der Waals surface area contributed by atoms with E-state index in [0.717, 1.165) is 5.70 Å². The number of carbonyl (C=O) groups is 1. The van der Waals surface area contributed by atoms with E-state index in [-0.39, 0.29) is 11.8 Å². The molecule has 1 amide bonds. The van der Waals surface area contributed by atoms with E-state index in [4.69, 9.17) is 19.5 Å². The van der Waals surface area contributed by atoms with Gasteiger partial charge in [0.2, 0.25) is 0 Å². The van der Waals surface area contributed by atoms with Crippen molar-refractivity contribution < 1.29 is 23.2 Å². The van der Waals surface area contributed by atoms with E-state index >= 15 is 0 Å². The van der Waals surface area contributed by atoms with Crippen LogP contribution in [0.15, 0.2) is 34.7 Å². The maximum Gasteiger partial charge on any atom is 0.495 e. The summed E-state index contributed by atoms with van der Waals surface area (Å²) in [7, 11) is 2.67. The highest BCUT2D eigenvalue weighted by Crippen LogP contribution is 2.41. The molecule has 0 aromatic rings. The number of hydrogen-bond acceptors (Lipinski definition) is 6. The zero-order valence-corrected chi connectivity index (χ0v) is 20.8. The summed E-state index contributed by atoms with van der Waals surface area (Å²) in [4.78, 5) is 13.7. The number of nitrogens with one attached hydrogen (secondary N) is 2. The van der Waals surface area contributed by atoms with Crippen molar-refractivity contribution >= 4 is 18.9 Å². The van der Waals surface area contributed by atoms with Gasteiger partial charge in [0, 0.05) is 31.9 Å². The predicted octanol–water partition coefficient (Wildman–Crippen LogP) is 4.55. The summed E-state index contributed by atoms with van der Waals surface area (Å²) in [6, 6.07) is 0. The van der Waals surface area contributed by atoms with Crippen LogP contribution in [0.4, 0.5) is 9.18 Å². The van der Waals surface area contributed by atoms with Crippen molar-refractivity contribution in [2.24, 2.45) is 0 Å². The van der Waals surface area contributed by atoms with Gasteiger partial charge in [-0.05, 0) is 78.9 Å². The molecular weight excluding hydrogens is 412 g/mol. The van der Waals surface area contributed by atoms with E-state index in [1.165, 1.54) is 17.1 Å². The zero-order valence-electron chi connectivity index (χ0n) is 20.8. The Morgan fingerprint density at radius 3 is 2.28 bits per heavy atom. The fourth-order valence-corrected chi connectivity index (χ4v) is 3.42. The van der Waals surface area contributed by atoms with Crippen LogP contribution in [0.3, 0.4) is 0 Å². The largest absolute Gasteiger partial charge is 0.495 e. The van der Waals surface area contributed by atoms with Crippen LogP contribution in [0.5, 0.6) is 0 Å². The number of nitrogens with zero attached hydrogens (tertiary/aromatic N) is 1. The molecule has 1 heterocycles. The fourth-order valence-electron chi connectivity index (χ4n) is 3.42. The maximum absolute atomic E-state index is 14.3. The van der Waals surface area contributed by atoms with Crippen molar-refractivity contribution in [3.63, 3.8) is 0 Å². The molecule has 0 unspecified atom stereocenters. The Kier molecular flexibility index (Phi) is 7.67. The fraction of sp³-hybridized carbons (Fsp3) is 0.652. The second-order valence-electron chi connectivity index (χ2n) is 10.2. The Morgan fingerprint density at radius 2 is 1.78 bits per heavy atom. The van der Waals surface area contributed by atoms with Crippen molar-refractivity contribution in [1.82, 2.24) is 10.2 Å². The molecule has 32 heavy (non-hydrogen) atoms. The number of amides is 1. The summed E-state index contributed by atoms with van der Waals surface area (Å²) in [6.07, 6.45) is 3.36. The third-order valence-electron chi connectivity index (χ3n) is 5.87. The number of ether oxygens (including phenoxy) is 1. The topological polar surface area (TPSA) is 83.9 Å². The minimum atomic E-state index is -0.789. The van der Waals surface area contributed by atoms with Crippen LogP contribution in [0, 0.1) is 5.41 Å². The van der Waals surface area contributed by atoms with Crippen LogP contribution in [0.1, 0.15) is 61.3 Å². The Hall–Kier alpha value is -2.13. The highest BCUT2D eigenvalue weighted by atomic mass is 19.1. The minimum absolute atomic E-state index is 0.0551. The van der Waals surface area contributed by atoms with Crippen LogP contribution in [-0.2, 0) is 14.0 Å². The number of rotatable bonds is 6. The molecule has 0 radical (unpaired) electrons. The second kappa shape index (κ2) is 9.39. The van der Waals surface area contributed by atoms with Gasteiger partial charge in [-0.1, -0.05) is 0 Å². The average Bonchev–Trinajstić information content (AvgIpc) is 2.84. The highest BCUT2D eigenvalue weighted by molar-refractivity contribution is 6.58. The van der Waals surface area contributed by atoms with Crippen LogP contribution < -0.4 is 5.32 Å². The van der Waals surface area contributed by atoms with E-state index in [1.54, 1.807) is 14.1 Å². The zero-order chi connectivity index (χ0) is 24.5. The summed E-state index contributed by atoms with van der Waals surface area (Å²) in [6.45, 7) is 13.7. The summed E-state index contributed by atoms with van der Waals surface area (Å²) in [5, 5.41) is 11.6. The van der Waals surface area contributed by atoms with Crippen LogP contribution >= 0.6 is 0 Å². The van der Waals surface area contributed by atoms with E-state index in [2.05, 4.69) is 5.32 Å². The van der Waals surface area contributed by atoms with Gasteiger partial charge in [0.05, 0.1) is 16.9 Å². The van der Waals surface area contributed by atoms with Gasteiger partial charge < -0.3 is 29.7 Å². The van der Waals surface area contributed by atoms with E-state index in [1.807, 2.05) is 48.5 Å². The van der Waals surface area contributed by atoms with Crippen LogP contribution in [-0.4, -0.2) is 61.3 Å². The Balaban J connectivity index is 2.22. The molecule has 1 aliphatic carbocycles. The molecule has 2 aliphatic rings. The summed E-state index contributed by atoms with van der Waals surface area (Å²) in [5.74, 6) is -0.511. The van der Waals surface area contributed by atoms with Gasteiger partial charge in [0.15, 0.2) is 0 Å². The first-order valence-electron chi connectivity index (χ1n) is 11.0. The van der Waals surface area contributed by atoms with Gasteiger partial charge >= 0.3 is 13.2 Å². The molecule has 178 valence electrons. The Morgan fingerprint density at radius 1 is 1.22 bits per heavy atom. The first-order valence-corrected chi connectivity index (χ1v) is 11.0. The molecule has 0 bridgehead atoms. The van der Waals surface area contributed by atoms with E-state index < -0.39 is 29.7 Å². The molecule has 7 nitrogen and oxygen atoms in total. The van der Waals surface area contributed by atoms with Crippen molar-refractivity contribution in [2.45, 2.75) is 78.1 Å². The van der Waals surface area contributed by atoms with E-state index in [0.29, 0.717) is 30.4 Å². The SMILES string of the molecule is CN/C(CCCN(C)C(=O)OC(C)(C)C)=C1\C(=N)C=C(F)C=C1B1OC(C)(C)C(C)(C)O1. The summed E-state index contributed by atoms with van der Waals surface area (Å²) < 4.78 is 31.9. The van der Waals surface area contributed by atoms with Gasteiger partial charge in [-0.3, -0.25) is 0 Å². The third kappa shape index (κ3) is 6.01. The lowest BCUT2D eigenvalue weighted by atomic mass is 9.69. The van der Waals surface area contributed by atoms with Crippen molar-refractivity contribution in [1.29, 1.82) is 5.41 Å². The lowest BCUT2D eigenvalue weighted by molar-refractivity contribution is 0.00578. The Labute approximate surface area is 191 Å². The standard InChI is InChI=1S/C23H37BFN3O4/c1-21(2,3)30-20(29)28(9)12-10-11-18(27-8)19-16(13-15(25)14-17(19)26)24-31-22(4,5)23(6,7)32-24/h13-14,26-27H,10-12H2,1-9H3/b19-18-,26-17?. The summed E-state index contributed by atoms with van der Waals surface area (Å²) >= 11 is 0. The smallest absolute Gasteiger partial charge is 0.444 e. The van der Waals surface area contributed by atoms with Crippen molar-refractivity contribution in [2.75, 3.05) is 20.6 Å². The molecule has 2 rings (SSSR count). The number of carbonyl (C=O) groups excluding carboxylic acids is 1. The number of allylic oxidation sites excluding steroid dienone is 6. The normalized spacial score (nSPS) is 21.7. The quantitative estimate of drug-likeness (QED) is 0.582. The van der Waals surface area contributed by atoms with Gasteiger partial charge in [-0.2, -0.15) is 0 Å². The first kappa shape index (κ1) is 26.1. The number of hydrogen-bond donors (Lipinski definition) is 2. The minimum Gasteiger partial charge on any atom is -0.444 e. The molecule has 9 heteroatoms. The van der Waals surface area contributed by atoms with Gasteiger partial charge in [-0.15, -0.1) is 0 Å². The molecular formula is C23H37BFN3O4. The van der Waals surface area contributed by atoms with Gasteiger partial charge in [-0.25, -0.2) is 9.18 Å². The van der Waals surface area contributed by atoms with Crippen molar-refractivity contribution in [3.8, 4) is 0 Å². The average molecular weight is 449 g/mol. The lowest BCUT2D eigenvalue weighted by Gasteiger charge is -2.32. The molecule has 1 fully saturated rings. The van der Waals surface area contributed by atoms with Gasteiger partial charge in [0.1, 0.15) is 11.4 Å². The molecule has 2 N–H and O–H groups in total. The molecule has 0 aromatic carbocycles. The molecule has 0 spiro atoms. The van der Waals surface area contributed by atoms with E-state index in [9.17, 15) is 9.18 Å². The third-order valence-corrected chi connectivity index (χ3v) is 5.87. The molecule has 0 aromatic heterocycles. The monoisotopic (exact) mass is 449 g/mol. The maximum atomic E-state index is 14.3. The number of halogens is 1. The van der Waals surface area contributed by atoms with Crippen LogP contribution in [0.2, 0.25) is 0 Å². The first-order chi connectivity index (χ1) is 14.6. The Bertz CT molecular complexity index is 840. The molecule has 0 atom stereocenters. The second-order valence-corrected chi connectivity index (χ2v) is 10.2. The van der Waals surface area contributed by atoms with Crippen molar-refractivity contribution in [3.05, 3.63) is 34.7 Å². The van der Waals surface area contributed by atoms with Gasteiger partial charge in [0.25, 0.3) is 0 Å². The molecule has 1 aliphatic heterocycles. The lowest BCUT2D eigenvalue weighted by Crippen LogP contribution is -2.41. The highest BCUT2D eigenvalue weighted by Gasteiger charge is 2.53. The predicted molar refractivity (Wildman–Crippen MR) is 125 cm³/mol. The van der Waals surface area contributed by atoms with Crippen LogP contribution in [0.25, 0.3) is 0 Å². The summed E-state index contributed by atoms with van der Waals surface area (Å²) in [5.41, 5.74) is 0.140.